The summed E-state index contributed by atoms with van der Waals surface area (Å²) >= 11 is 0. The van der Waals surface area contributed by atoms with Crippen molar-refractivity contribution >= 4 is 20.8 Å². The van der Waals surface area contributed by atoms with Gasteiger partial charge in [0.05, 0.1) is 0 Å². The van der Waals surface area contributed by atoms with Crippen molar-refractivity contribution in [1.29, 1.82) is 0 Å². The maximum absolute atomic E-state index is 10.7. The Kier molecular flexibility index (Phi) is 8.57. The molecule has 1 rings (SSSR count). The van der Waals surface area contributed by atoms with E-state index in [-0.39, 0.29) is 24.3 Å². The summed E-state index contributed by atoms with van der Waals surface area (Å²) in [5.74, 6) is -1.20. The molecule has 0 saturated heterocycles. The van der Waals surface area contributed by atoms with E-state index < -0.39 is 32.3 Å². The molecular formula is C10H18N2O8S2-2. The van der Waals surface area contributed by atoms with E-state index in [1.807, 2.05) is 0 Å². The standard InChI is InChI=1S/C10H14O8S2.2H3N/c1-3-7-5-6-9(17-19(11,12)13)10(8(7)4-2)18-20(14,15)16;;/h5-6H,3-4H2,1-2H3,(H,11,12,13)(H,14,15,16);2*1H3/p-2. The molecule has 12 heteroatoms. The van der Waals surface area contributed by atoms with Gasteiger partial charge < -0.3 is 29.8 Å². The molecule has 0 amide bonds. The van der Waals surface area contributed by atoms with Gasteiger partial charge in [0.15, 0.2) is 11.5 Å². The van der Waals surface area contributed by atoms with Gasteiger partial charge in [0, 0.05) is 5.56 Å². The fourth-order valence-corrected chi connectivity index (χ4v) is 2.47. The molecule has 0 aliphatic heterocycles. The van der Waals surface area contributed by atoms with Gasteiger partial charge in [-0.2, -0.15) is 0 Å². The first-order valence-corrected chi connectivity index (χ1v) is 8.19. The van der Waals surface area contributed by atoms with Crippen LogP contribution in [-0.4, -0.2) is 25.9 Å². The summed E-state index contributed by atoms with van der Waals surface area (Å²) in [6.45, 7) is 3.42. The number of aryl methyl sites for hydroxylation is 1. The smallest absolute Gasteiger partial charge is 0.262 e. The summed E-state index contributed by atoms with van der Waals surface area (Å²) in [5.41, 5.74) is 0.926. The largest absolute Gasteiger partial charge is 0.716 e. The van der Waals surface area contributed by atoms with Crippen LogP contribution in [0.4, 0.5) is 0 Å². The summed E-state index contributed by atoms with van der Waals surface area (Å²) in [5, 5.41) is 0. The van der Waals surface area contributed by atoms with Gasteiger partial charge >= 0.3 is 0 Å². The Bertz CT molecular complexity index is 700. The highest BCUT2D eigenvalue weighted by Crippen LogP contribution is 2.36. The van der Waals surface area contributed by atoms with E-state index in [9.17, 15) is 25.9 Å². The topological polar surface area (TPSA) is 203 Å². The second-order valence-corrected chi connectivity index (χ2v) is 5.69. The second-order valence-electron chi connectivity index (χ2n) is 3.72. The fourth-order valence-electron chi connectivity index (χ4n) is 1.73. The Morgan fingerprint density at radius 3 is 1.77 bits per heavy atom. The number of rotatable bonds is 6. The van der Waals surface area contributed by atoms with Gasteiger partial charge in [0.25, 0.3) is 20.8 Å². The van der Waals surface area contributed by atoms with Crippen molar-refractivity contribution in [2.45, 2.75) is 26.7 Å². The SMILES string of the molecule is CCc1ccc(OS(=O)(=O)[O-])c(OS(=O)(=O)[O-])c1CC.N.N. The monoisotopic (exact) mass is 358 g/mol. The van der Waals surface area contributed by atoms with Gasteiger partial charge in [-0.15, -0.1) is 0 Å². The Balaban J connectivity index is 0. The van der Waals surface area contributed by atoms with Crippen LogP contribution in [0, 0.1) is 0 Å². The van der Waals surface area contributed by atoms with Crippen molar-refractivity contribution in [2.24, 2.45) is 0 Å². The van der Waals surface area contributed by atoms with E-state index in [0.29, 0.717) is 12.0 Å². The minimum atomic E-state index is -5.14. The quantitative estimate of drug-likeness (QED) is 0.540. The summed E-state index contributed by atoms with van der Waals surface area (Å²) in [6, 6.07) is 2.53. The maximum Gasteiger partial charge on any atom is 0.262 e. The van der Waals surface area contributed by atoms with E-state index in [2.05, 4.69) is 8.37 Å². The average Bonchev–Trinajstić information content (AvgIpc) is 2.27. The lowest BCUT2D eigenvalue weighted by molar-refractivity contribution is 0.347. The van der Waals surface area contributed by atoms with E-state index in [1.165, 1.54) is 6.07 Å². The minimum absolute atomic E-state index is 0. The van der Waals surface area contributed by atoms with Gasteiger partial charge in [0.1, 0.15) is 0 Å². The second kappa shape index (κ2) is 8.26. The predicted molar refractivity (Wildman–Crippen MR) is 75.9 cm³/mol. The number of benzene rings is 1. The third-order valence-corrected chi connectivity index (χ3v) is 3.19. The van der Waals surface area contributed by atoms with Gasteiger partial charge in [-0.05, 0) is 24.5 Å². The third-order valence-electron chi connectivity index (χ3n) is 2.43. The maximum atomic E-state index is 10.7. The number of hydrogen-bond acceptors (Lipinski definition) is 10. The lowest BCUT2D eigenvalue weighted by Gasteiger charge is -2.19. The molecule has 0 aliphatic rings. The minimum Gasteiger partial charge on any atom is -0.716 e. The Labute approximate surface area is 129 Å². The highest BCUT2D eigenvalue weighted by Gasteiger charge is 2.18. The van der Waals surface area contributed by atoms with Gasteiger partial charge in [-0.1, -0.05) is 19.9 Å². The molecule has 0 bridgehead atoms. The van der Waals surface area contributed by atoms with Crippen LogP contribution >= 0.6 is 0 Å². The fraction of sp³-hybridized carbons (Fsp3) is 0.400. The van der Waals surface area contributed by atoms with Gasteiger partial charge in [-0.25, -0.2) is 16.8 Å². The van der Waals surface area contributed by atoms with Crippen molar-refractivity contribution in [3.05, 3.63) is 23.3 Å². The normalized spacial score (nSPS) is 11.1. The van der Waals surface area contributed by atoms with Gasteiger partial charge in [0.2, 0.25) is 0 Å². The summed E-state index contributed by atoms with van der Waals surface area (Å²) in [6.07, 6.45) is 0.743. The molecule has 0 aromatic heterocycles. The van der Waals surface area contributed by atoms with Crippen LogP contribution in [0.1, 0.15) is 25.0 Å². The number of hydrogen-bond donors (Lipinski definition) is 2. The molecule has 1 aromatic carbocycles. The van der Waals surface area contributed by atoms with Crippen LogP contribution in [-0.2, 0) is 33.6 Å². The highest BCUT2D eigenvalue weighted by atomic mass is 32.3. The third kappa shape index (κ3) is 6.55. The van der Waals surface area contributed by atoms with Crippen LogP contribution in [0.25, 0.3) is 0 Å². The first-order valence-electron chi connectivity index (χ1n) is 5.52. The van der Waals surface area contributed by atoms with E-state index in [0.717, 1.165) is 6.07 Å². The van der Waals surface area contributed by atoms with Crippen LogP contribution in [0.2, 0.25) is 0 Å². The van der Waals surface area contributed by atoms with Crippen molar-refractivity contribution in [1.82, 2.24) is 12.3 Å². The van der Waals surface area contributed by atoms with Gasteiger partial charge in [-0.3, -0.25) is 0 Å². The molecule has 6 N–H and O–H groups in total. The van der Waals surface area contributed by atoms with Crippen molar-refractivity contribution in [3.8, 4) is 11.5 Å². The molecule has 0 atom stereocenters. The zero-order chi connectivity index (χ0) is 15.6. The lowest BCUT2D eigenvalue weighted by Crippen LogP contribution is -2.14. The first-order chi connectivity index (χ1) is 9.07. The van der Waals surface area contributed by atoms with E-state index >= 15 is 0 Å². The van der Waals surface area contributed by atoms with E-state index in [4.69, 9.17) is 0 Å². The van der Waals surface area contributed by atoms with Crippen LogP contribution in [0.15, 0.2) is 12.1 Å². The predicted octanol–water partition coefficient (Wildman–Crippen LogP) is 0.813. The van der Waals surface area contributed by atoms with E-state index in [1.54, 1.807) is 13.8 Å². The van der Waals surface area contributed by atoms with Crippen molar-refractivity contribution in [3.63, 3.8) is 0 Å². The molecule has 10 nitrogen and oxygen atoms in total. The molecule has 0 aliphatic carbocycles. The van der Waals surface area contributed by atoms with Crippen LogP contribution < -0.4 is 20.7 Å². The molecule has 0 unspecified atom stereocenters. The van der Waals surface area contributed by atoms with Crippen molar-refractivity contribution < 1.29 is 34.3 Å². The molecule has 22 heavy (non-hydrogen) atoms. The lowest BCUT2D eigenvalue weighted by atomic mass is 10.0. The molecule has 0 heterocycles. The van der Waals surface area contributed by atoms with Crippen LogP contribution in [0.3, 0.4) is 0 Å². The van der Waals surface area contributed by atoms with Crippen molar-refractivity contribution in [2.75, 3.05) is 0 Å². The molecule has 0 fully saturated rings. The summed E-state index contributed by atoms with van der Waals surface area (Å²) in [7, 11) is -10.3. The highest BCUT2D eigenvalue weighted by molar-refractivity contribution is 7.81. The van der Waals surface area contributed by atoms with Crippen LogP contribution in [0.5, 0.6) is 11.5 Å². The first kappa shape index (κ1) is 22.8. The Morgan fingerprint density at radius 2 is 1.41 bits per heavy atom. The Morgan fingerprint density at radius 1 is 0.909 bits per heavy atom. The molecule has 0 spiro atoms. The Hall–Kier alpha value is -1.44. The zero-order valence-corrected chi connectivity index (χ0v) is 13.7. The molecule has 130 valence electrons. The molecule has 0 radical (unpaired) electrons. The summed E-state index contributed by atoms with van der Waals surface area (Å²) < 4.78 is 72.4. The zero-order valence-electron chi connectivity index (χ0n) is 12.1. The molecule has 1 aromatic rings. The average molecular weight is 358 g/mol. The summed E-state index contributed by atoms with van der Waals surface area (Å²) in [4.78, 5) is 0. The molecule has 0 saturated carbocycles. The molecular weight excluding hydrogens is 340 g/mol.